The van der Waals surface area contributed by atoms with Crippen LogP contribution in [0.4, 0.5) is 5.69 Å². The van der Waals surface area contributed by atoms with E-state index in [0.717, 1.165) is 5.57 Å². The zero-order chi connectivity index (χ0) is 20.8. The zero-order valence-electron chi connectivity index (χ0n) is 16.3. The molecule has 0 fully saturated rings. The number of hydrogen-bond acceptors (Lipinski definition) is 4. The van der Waals surface area contributed by atoms with Crippen LogP contribution in [-0.2, 0) is 15.1 Å². The summed E-state index contributed by atoms with van der Waals surface area (Å²) < 4.78 is 0. The van der Waals surface area contributed by atoms with Crippen LogP contribution in [0.15, 0.2) is 70.4 Å². The van der Waals surface area contributed by atoms with Gasteiger partial charge in [0, 0.05) is 22.2 Å². The molecule has 0 saturated heterocycles. The van der Waals surface area contributed by atoms with E-state index in [9.17, 15) is 9.59 Å². The molecular weight excluding hydrogens is 388 g/mol. The number of anilines is 1. The van der Waals surface area contributed by atoms with E-state index in [1.807, 2.05) is 32.0 Å². The number of halogens is 1. The third-order valence-electron chi connectivity index (χ3n) is 4.93. The standard InChI is InChI=1S/C22H19ClN4O2/c1-14(2)11-20(28)27-22(19-10-9-17(23)12-16(19)13-24-27)15(3)25-26(21(22)29)18-7-5-4-6-8-18/h4-13H,1-3H3. The Balaban J connectivity index is 1.95. The van der Waals surface area contributed by atoms with E-state index in [2.05, 4.69) is 10.2 Å². The van der Waals surface area contributed by atoms with E-state index in [1.54, 1.807) is 43.5 Å². The van der Waals surface area contributed by atoms with Gasteiger partial charge in [-0.15, -0.1) is 0 Å². The van der Waals surface area contributed by atoms with Gasteiger partial charge in [-0.25, -0.2) is 5.01 Å². The van der Waals surface area contributed by atoms with Crippen molar-refractivity contribution in [2.24, 2.45) is 10.2 Å². The van der Waals surface area contributed by atoms with Crippen molar-refractivity contribution in [3.8, 4) is 0 Å². The first-order valence-electron chi connectivity index (χ1n) is 9.14. The minimum atomic E-state index is -1.46. The fraction of sp³-hybridized carbons (Fsp3) is 0.182. The predicted molar refractivity (Wildman–Crippen MR) is 114 cm³/mol. The largest absolute Gasteiger partial charge is 0.286 e. The highest BCUT2D eigenvalue weighted by Crippen LogP contribution is 2.43. The Morgan fingerprint density at radius 1 is 1.14 bits per heavy atom. The molecule has 2 aromatic rings. The number of amides is 2. The van der Waals surface area contributed by atoms with Gasteiger partial charge in [0.25, 0.3) is 11.8 Å². The number of nitrogens with zero attached hydrogens (tertiary/aromatic N) is 4. The average Bonchev–Trinajstić information content (AvgIpc) is 2.94. The minimum absolute atomic E-state index is 0.364. The SMILES string of the molecule is CC(C)=CC(=O)N1N=Cc2cc(Cl)ccc2C12C(=O)N(c1ccccc1)N=C2C. The summed E-state index contributed by atoms with van der Waals surface area (Å²) in [4.78, 5) is 26.9. The van der Waals surface area contributed by atoms with Crippen LogP contribution in [0, 0.1) is 0 Å². The van der Waals surface area contributed by atoms with Crippen LogP contribution in [0.5, 0.6) is 0 Å². The number of allylic oxidation sites excluding steroid dienone is 1. The molecule has 29 heavy (non-hydrogen) atoms. The molecule has 1 unspecified atom stereocenters. The molecule has 1 atom stereocenters. The molecule has 0 bridgehead atoms. The first-order chi connectivity index (χ1) is 13.9. The molecule has 7 heteroatoms. The summed E-state index contributed by atoms with van der Waals surface area (Å²) in [5.41, 5.74) is 1.72. The van der Waals surface area contributed by atoms with Crippen molar-refractivity contribution in [2.45, 2.75) is 26.3 Å². The number of fused-ring (bicyclic) bond motifs is 2. The summed E-state index contributed by atoms with van der Waals surface area (Å²) in [6.45, 7) is 5.38. The first kappa shape index (κ1) is 19.1. The molecule has 1 spiro atoms. The van der Waals surface area contributed by atoms with Crippen molar-refractivity contribution in [1.29, 1.82) is 0 Å². The van der Waals surface area contributed by atoms with Gasteiger partial charge in [0.2, 0.25) is 5.54 Å². The summed E-state index contributed by atoms with van der Waals surface area (Å²) in [7, 11) is 0. The first-order valence-corrected chi connectivity index (χ1v) is 9.52. The summed E-state index contributed by atoms with van der Waals surface area (Å²) >= 11 is 6.16. The highest BCUT2D eigenvalue weighted by Gasteiger charge is 2.59. The number of para-hydroxylation sites is 1. The zero-order valence-corrected chi connectivity index (χ0v) is 17.0. The van der Waals surface area contributed by atoms with E-state index in [0.29, 0.717) is 27.5 Å². The lowest BCUT2D eigenvalue weighted by Gasteiger charge is -2.39. The molecule has 2 aromatic carbocycles. The predicted octanol–water partition coefficient (Wildman–Crippen LogP) is 4.10. The number of hydrogen-bond donors (Lipinski definition) is 0. The van der Waals surface area contributed by atoms with Crippen LogP contribution in [0.3, 0.4) is 0 Å². The number of rotatable bonds is 2. The lowest BCUT2D eigenvalue weighted by molar-refractivity contribution is -0.139. The van der Waals surface area contributed by atoms with Crippen molar-refractivity contribution >= 4 is 41.0 Å². The van der Waals surface area contributed by atoms with E-state index in [1.165, 1.54) is 16.1 Å². The molecular formula is C22H19ClN4O2. The minimum Gasteiger partial charge on any atom is -0.269 e. The monoisotopic (exact) mass is 406 g/mol. The van der Waals surface area contributed by atoms with Gasteiger partial charge in [-0.1, -0.05) is 41.4 Å². The molecule has 146 valence electrons. The third kappa shape index (κ3) is 2.87. The molecule has 2 aliphatic heterocycles. The van der Waals surface area contributed by atoms with E-state index in [4.69, 9.17) is 11.6 Å². The maximum absolute atomic E-state index is 13.8. The van der Waals surface area contributed by atoms with E-state index in [-0.39, 0.29) is 11.8 Å². The summed E-state index contributed by atoms with van der Waals surface area (Å²) in [6, 6.07) is 14.3. The van der Waals surface area contributed by atoms with Crippen molar-refractivity contribution in [1.82, 2.24) is 5.01 Å². The Morgan fingerprint density at radius 3 is 2.55 bits per heavy atom. The van der Waals surface area contributed by atoms with Crippen molar-refractivity contribution < 1.29 is 9.59 Å². The summed E-state index contributed by atoms with van der Waals surface area (Å²) in [6.07, 6.45) is 3.01. The third-order valence-corrected chi connectivity index (χ3v) is 5.17. The molecule has 2 heterocycles. The van der Waals surface area contributed by atoms with Crippen LogP contribution in [-0.4, -0.2) is 28.7 Å². The van der Waals surface area contributed by atoms with Crippen LogP contribution < -0.4 is 5.01 Å². The Labute approximate surface area is 173 Å². The van der Waals surface area contributed by atoms with Gasteiger partial charge in [0.1, 0.15) is 0 Å². The lowest BCUT2D eigenvalue weighted by Crippen LogP contribution is -2.58. The van der Waals surface area contributed by atoms with Crippen LogP contribution >= 0.6 is 11.6 Å². The smallest absolute Gasteiger partial charge is 0.269 e. The Bertz CT molecular complexity index is 1100. The summed E-state index contributed by atoms with van der Waals surface area (Å²) in [5.74, 6) is -0.753. The van der Waals surface area contributed by atoms with Crippen LogP contribution in [0.2, 0.25) is 5.02 Å². The number of hydrazone groups is 2. The number of benzene rings is 2. The lowest BCUT2D eigenvalue weighted by atomic mass is 9.80. The van der Waals surface area contributed by atoms with Gasteiger partial charge in [0.05, 0.1) is 17.6 Å². The van der Waals surface area contributed by atoms with Gasteiger partial charge in [-0.3, -0.25) is 9.59 Å². The molecule has 2 aliphatic rings. The Hall–Kier alpha value is -3.25. The number of carbonyl (C=O) groups is 2. The molecule has 0 N–H and O–H groups in total. The van der Waals surface area contributed by atoms with E-state index < -0.39 is 5.54 Å². The molecule has 0 aliphatic carbocycles. The summed E-state index contributed by atoms with van der Waals surface area (Å²) in [5, 5.41) is 12.0. The topological polar surface area (TPSA) is 65.3 Å². The molecule has 6 nitrogen and oxygen atoms in total. The van der Waals surface area contributed by atoms with Gasteiger partial charge < -0.3 is 0 Å². The highest BCUT2D eigenvalue weighted by molar-refractivity contribution is 6.31. The van der Waals surface area contributed by atoms with Crippen LogP contribution in [0.25, 0.3) is 0 Å². The molecule has 4 rings (SSSR count). The molecule has 0 aromatic heterocycles. The molecule has 2 amide bonds. The highest BCUT2D eigenvalue weighted by atomic mass is 35.5. The maximum Gasteiger partial charge on any atom is 0.286 e. The average molecular weight is 407 g/mol. The van der Waals surface area contributed by atoms with Gasteiger partial charge in [0.15, 0.2) is 0 Å². The van der Waals surface area contributed by atoms with Crippen LogP contribution in [0.1, 0.15) is 31.9 Å². The number of carbonyl (C=O) groups excluding carboxylic acids is 2. The Morgan fingerprint density at radius 2 is 1.86 bits per heavy atom. The molecule has 0 saturated carbocycles. The fourth-order valence-corrected chi connectivity index (χ4v) is 3.88. The van der Waals surface area contributed by atoms with Crippen molar-refractivity contribution in [2.75, 3.05) is 5.01 Å². The second-order valence-corrected chi connectivity index (χ2v) is 7.63. The quantitative estimate of drug-likeness (QED) is 0.705. The van der Waals surface area contributed by atoms with E-state index >= 15 is 0 Å². The second kappa shape index (κ2) is 6.97. The second-order valence-electron chi connectivity index (χ2n) is 7.20. The maximum atomic E-state index is 13.8. The normalized spacial score (nSPS) is 20.0. The van der Waals surface area contributed by atoms with Gasteiger partial charge in [-0.05, 0) is 45.0 Å². The Kier molecular flexibility index (Phi) is 4.59. The molecule has 0 radical (unpaired) electrons. The van der Waals surface area contributed by atoms with Crippen molar-refractivity contribution in [3.05, 3.63) is 76.3 Å². The van der Waals surface area contributed by atoms with Gasteiger partial charge >= 0.3 is 0 Å². The fourth-order valence-electron chi connectivity index (χ4n) is 3.69. The van der Waals surface area contributed by atoms with Crippen molar-refractivity contribution in [3.63, 3.8) is 0 Å². The van der Waals surface area contributed by atoms with Gasteiger partial charge in [-0.2, -0.15) is 15.2 Å².